The molecule has 238 valence electrons. The van der Waals surface area contributed by atoms with Gasteiger partial charge in [0.25, 0.3) is 0 Å². The molecule has 5 aliphatic rings. The first-order valence-electron chi connectivity index (χ1n) is 16.7. The zero-order valence-electron chi connectivity index (χ0n) is 26.3. The Kier molecular flexibility index (Phi) is 6.54. The van der Waals surface area contributed by atoms with E-state index >= 15 is 4.39 Å². The van der Waals surface area contributed by atoms with E-state index in [2.05, 4.69) is 35.5 Å². The molecule has 4 saturated heterocycles. The van der Waals surface area contributed by atoms with E-state index in [0.717, 1.165) is 68.1 Å². The normalized spacial score (nSPS) is 28.4. The van der Waals surface area contributed by atoms with E-state index in [-0.39, 0.29) is 40.9 Å². The molecular formula is C36H38ClFN6O2. The van der Waals surface area contributed by atoms with Crippen LogP contribution in [0.25, 0.3) is 32.9 Å². The summed E-state index contributed by atoms with van der Waals surface area (Å²) < 4.78 is 30.4. The Labute approximate surface area is 272 Å². The van der Waals surface area contributed by atoms with Gasteiger partial charge in [0, 0.05) is 35.8 Å². The lowest BCUT2D eigenvalue weighted by Gasteiger charge is -2.42. The number of halogens is 2. The number of rotatable bonds is 5. The number of aromatic nitrogens is 3. The summed E-state index contributed by atoms with van der Waals surface area (Å²) in [6.45, 7) is 11.5. The number of aryl methyl sites for hydroxylation is 1. The van der Waals surface area contributed by atoms with Crippen molar-refractivity contribution in [1.29, 1.82) is 0 Å². The topological polar surface area (TPSA) is 75.6 Å². The maximum atomic E-state index is 17.2. The lowest BCUT2D eigenvalue weighted by molar-refractivity contribution is 0.108. The molecule has 0 aliphatic carbocycles. The van der Waals surface area contributed by atoms with Crippen LogP contribution in [0.1, 0.15) is 51.5 Å². The van der Waals surface area contributed by atoms with Crippen LogP contribution >= 0.6 is 11.6 Å². The zero-order chi connectivity index (χ0) is 31.3. The molecule has 0 amide bonds. The molecular weight excluding hydrogens is 603 g/mol. The van der Waals surface area contributed by atoms with E-state index in [4.69, 9.17) is 36.0 Å². The highest BCUT2D eigenvalue weighted by Crippen LogP contribution is 2.46. The Morgan fingerprint density at radius 3 is 2.93 bits per heavy atom. The van der Waals surface area contributed by atoms with E-state index in [1.165, 1.54) is 5.57 Å². The molecule has 5 aliphatic heterocycles. The van der Waals surface area contributed by atoms with Gasteiger partial charge in [0.2, 0.25) is 5.88 Å². The Morgan fingerprint density at radius 1 is 1.17 bits per heavy atom. The fraction of sp³-hybridized carbons (Fsp3) is 0.472. The number of nitrogens with one attached hydrogen (secondary N) is 1. The minimum Gasteiger partial charge on any atom is -0.472 e. The largest absolute Gasteiger partial charge is 0.472 e. The third-order valence-corrected chi connectivity index (χ3v) is 11.5. The maximum absolute atomic E-state index is 17.2. The van der Waals surface area contributed by atoms with E-state index < -0.39 is 5.82 Å². The SMILES string of the molecule is C=C1CN2CCCC2(COc2nc3c4c(nc(-c5cccc6ccc(Cl)c(CC)c56)c(F)c4n2)O[C@@H](C)[C@@H]2[C@@H]4CC[C@H](CN32)N4)C1. The quantitative estimate of drug-likeness (QED) is 0.249. The molecule has 4 fully saturated rings. The number of hydrogen-bond donors (Lipinski definition) is 1. The molecule has 1 N–H and O–H groups in total. The second-order valence-electron chi connectivity index (χ2n) is 13.9. The molecule has 0 spiro atoms. The Bertz CT molecular complexity index is 1940. The molecule has 4 aromatic rings. The third-order valence-electron chi connectivity index (χ3n) is 11.1. The van der Waals surface area contributed by atoms with Crippen LogP contribution in [0.3, 0.4) is 0 Å². The van der Waals surface area contributed by atoms with Gasteiger partial charge in [-0.2, -0.15) is 9.97 Å². The number of pyridine rings is 1. The molecule has 8 nitrogen and oxygen atoms in total. The highest BCUT2D eigenvalue weighted by molar-refractivity contribution is 6.32. The number of piperazine rings is 1. The van der Waals surface area contributed by atoms with Crippen LogP contribution in [0.15, 0.2) is 42.5 Å². The van der Waals surface area contributed by atoms with E-state index in [9.17, 15) is 0 Å². The van der Waals surface area contributed by atoms with Crippen molar-refractivity contribution in [2.75, 3.05) is 31.1 Å². The van der Waals surface area contributed by atoms with Crippen LogP contribution in [-0.4, -0.2) is 75.9 Å². The summed E-state index contributed by atoms with van der Waals surface area (Å²) >= 11 is 6.69. The Morgan fingerprint density at radius 2 is 2.07 bits per heavy atom. The molecule has 9 rings (SSSR count). The van der Waals surface area contributed by atoms with Crippen molar-refractivity contribution in [3.8, 4) is 23.1 Å². The van der Waals surface area contributed by atoms with Crippen molar-refractivity contribution < 1.29 is 13.9 Å². The third kappa shape index (κ3) is 4.20. The lowest BCUT2D eigenvalue weighted by atomic mass is 9.94. The summed E-state index contributed by atoms with van der Waals surface area (Å²) in [4.78, 5) is 19.6. The number of hydrogen-bond acceptors (Lipinski definition) is 8. The Balaban J connectivity index is 1.25. The monoisotopic (exact) mass is 640 g/mol. The zero-order valence-corrected chi connectivity index (χ0v) is 27.0. The molecule has 0 saturated carbocycles. The van der Waals surface area contributed by atoms with Crippen molar-refractivity contribution in [3.05, 3.63) is 58.9 Å². The van der Waals surface area contributed by atoms with Crippen molar-refractivity contribution >= 4 is 39.1 Å². The van der Waals surface area contributed by atoms with Gasteiger partial charge in [-0.25, -0.2) is 9.37 Å². The van der Waals surface area contributed by atoms with Crippen molar-refractivity contribution in [1.82, 2.24) is 25.2 Å². The summed E-state index contributed by atoms with van der Waals surface area (Å²) in [5.41, 5.74) is 3.12. The minimum absolute atomic E-state index is 0.00976. The van der Waals surface area contributed by atoms with Crippen LogP contribution in [0.4, 0.5) is 10.2 Å². The van der Waals surface area contributed by atoms with Crippen LogP contribution < -0.4 is 19.7 Å². The van der Waals surface area contributed by atoms with Crippen molar-refractivity contribution in [3.63, 3.8) is 0 Å². The number of fused-ring (bicyclic) bond motifs is 7. The molecule has 5 atom stereocenters. The van der Waals surface area contributed by atoms with Gasteiger partial charge in [-0.15, -0.1) is 0 Å². The molecule has 1 unspecified atom stereocenters. The first kappa shape index (κ1) is 28.7. The van der Waals surface area contributed by atoms with Crippen molar-refractivity contribution in [2.45, 2.75) is 82.1 Å². The molecule has 7 heterocycles. The van der Waals surface area contributed by atoms with Gasteiger partial charge < -0.3 is 19.7 Å². The molecule has 0 radical (unpaired) electrons. The predicted octanol–water partition coefficient (Wildman–Crippen LogP) is 6.46. The van der Waals surface area contributed by atoms with Gasteiger partial charge in [-0.1, -0.05) is 54.9 Å². The van der Waals surface area contributed by atoms with Gasteiger partial charge in [-0.3, -0.25) is 4.90 Å². The molecule has 10 heteroatoms. The van der Waals surface area contributed by atoms with E-state index in [0.29, 0.717) is 46.7 Å². The van der Waals surface area contributed by atoms with Crippen molar-refractivity contribution in [2.24, 2.45) is 0 Å². The standard InChI is InChI=1S/C36H38ClFN6O2/c1-4-23-25(37)11-9-21-7-5-8-24(27(21)23)30-29(38)31-28-33(42-35(41-31)45-18-36-13-6-14-43(36)16-19(2)15-36)44-17-22-10-12-26(39-22)32(44)20(3)46-34(28)40-30/h5,7-9,11,20,22,26,32,39H,2,4,6,10,12-18H2,1,3H3/t20-,22+,26-,32+,36?/m0/s1. The van der Waals surface area contributed by atoms with E-state index in [1.54, 1.807) is 0 Å². The second kappa shape index (κ2) is 10.5. The molecule has 46 heavy (non-hydrogen) atoms. The number of nitrogens with zero attached hydrogens (tertiary/aromatic N) is 5. The van der Waals surface area contributed by atoms with Gasteiger partial charge in [0.15, 0.2) is 5.82 Å². The first-order chi connectivity index (χ1) is 22.3. The second-order valence-corrected chi connectivity index (χ2v) is 14.3. The minimum atomic E-state index is -0.510. The highest BCUT2D eigenvalue weighted by atomic mass is 35.5. The van der Waals surface area contributed by atoms with Crippen LogP contribution in [-0.2, 0) is 6.42 Å². The number of anilines is 1. The fourth-order valence-electron chi connectivity index (χ4n) is 9.15. The van der Waals surface area contributed by atoms with Gasteiger partial charge >= 0.3 is 6.01 Å². The number of benzene rings is 2. The van der Waals surface area contributed by atoms with Crippen LogP contribution in [0.5, 0.6) is 11.9 Å². The Hall–Kier alpha value is -3.53. The first-order valence-corrected chi connectivity index (χ1v) is 17.1. The smallest absolute Gasteiger partial charge is 0.319 e. The van der Waals surface area contributed by atoms with E-state index in [1.807, 2.05) is 30.3 Å². The molecule has 2 bridgehead atoms. The van der Waals surface area contributed by atoms with Crippen LogP contribution in [0, 0.1) is 5.82 Å². The summed E-state index contributed by atoms with van der Waals surface area (Å²) in [7, 11) is 0. The summed E-state index contributed by atoms with van der Waals surface area (Å²) in [5, 5.41) is 6.81. The van der Waals surface area contributed by atoms with Gasteiger partial charge in [0.05, 0.1) is 11.6 Å². The average molecular weight is 641 g/mol. The average Bonchev–Trinajstić information content (AvgIpc) is 3.69. The van der Waals surface area contributed by atoms with Gasteiger partial charge in [0.1, 0.15) is 35.1 Å². The molecule has 2 aromatic heterocycles. The lowest BCUT2D eigenvalue weighted by Crippen LogP contribution is -2.62. The predicted molar refractivity (Wildman–Crippen MR) is 179 cm³/mol. The maximum Gasteiger partial charge on any atom is 0.319 e. The number of ether oxygens (including phenoxy) is 2. The van der Waals surface area contributed by atoms with Crippen LogP contribution in [0.2, 0.25) is 5.02 Å². The summed E-state index contributed by atoms with van der Waals surface area (Å²) in [5.74, 6) is 0.493. The molecule has 2 aromatic carbocycles. The highest BCUT2D eigenvalue weighted by Gasteiger charge is 2.48. The fourth-order valence-corrected chi connectivity index (χ4v) is 9.44. The van der Waals surface area contributed by atoms with Gasteiger partial charge in [-0.05, 0) is 74.4 Å². The summed E-state index contributed by atoms with van der Waals surface area (Å²) in [6, 6.07) is 10.5. The summed E-state index contributed by atoms with van der Waals surface area (Å²) in [6.07, 6.45) is 5.70.